The molecule has 0 aromatic carbocycles. The molecule has 90 valence electrons. The van der Waals surface area contributed by atoms with Crippen molar-refractivity contribution < 1.29 is 0 Å². The van der Waals surface area contributed by atoms with Crippen LogP contribution in [0.15, 0.2) is 12.1 Å². The molecule has 0 unspecified atom stereocenters. The number of pyridine rings is 1. The second-order valence-electron chi connectivity index (χ2n) is 4.05. The van der Waals surface area contributed by atoms with Gasteiger partial charge in [-0.1, -0.05) is 25.4 Å². The summed E-state index contributed by atoms with van der Waals surface area (Å²) < 4.78 is 0. The maximum absolute atomic E-state index is 6.09. The van der Waals surface area contributed by atoms with Gasteiger partial charge in [-0.2, -0.15) is 0 Å². The van der Waals surface area contributed by atoms with Gasteiger partial charge in [0, 0.05) is 12.6 Å². The number of nitrogen functional groups attached to an aromatic ring is 1. The summed E-state index contributed by atoms with van der Waals surface area (Å²) in [5.74, 6) is 0.525. The zero-order chi connectivity index (χ0) is 12.1. The number of hydrogen-bond donors (Lipinski definition) is 1. The molecular formula is C12H20ClN3. The van der Waals surface area contributed by atoms with E-state index < -0.39 is 0 Å². The monoisotopic (exact) mass is 241 g/mol. The molecule has 0 aliphatic rings. The van der Waals surface area contributed by atoms with Gasteiger partial charge in [-0.3, -0.25) is 4.90 Å². The summed E-state index contributed by atoms with van der Waals surface area (Å²) >= 11 is 6.09. The molecule has 0 aliphatic heterocycles. The number of aromatic nitrogens is 1. The first-order chi connectivity index (χ1) is 7.58. The average molecular weight is 242 g/mol. The van der Waals surface area contributed by atoms with Crippen molar-refractivity contribution >= 4 is 17.4 Å². The topological polar surface area (TPSA) is 42.2 Å². The first kappa shape index (κ1) is 13.3. The van der Waals surface area contributed by atoms with Crippen molar-refractivity contribution in [3.63, 3.8) is 0 Å². The van der Waals surface area contributed by atoms with Gasteiger partial charge in [0.2, 0.25) is 0 Å². The Bertz CT molecular complexity index is 337. The molecule has 16 heavy (non-hydrogen) atoms. The lowest BCUT2D eigenvalue weighted by Crippen LogP contribution is -2.30. The van der Waals surface area contributed by atoms with Crippen LogP contribution in [0, 0.1) is 0 Å². The molecule has 2 N–H and O–H groups in total. The maximum Gasteiger partial charge on any atom is 0.123 e. The Labute approximate surface area is 103 Å². The third kappa shape index (κ3) is 3.35. The van der Waals surface area contributed by atoms with Gasteiger partial charge in [0.15, 0.2) is 0 Å². The second-order valence-corrected chi connectivity index (χ2v) is 4.46. The van der Waals surface area contributed by atoms with Gasteiger partial charge in [-0.05, 0) is 32.0 Å². The molecule has 1 aromatic rings. The molecule has 0 saturated carbocycles. The summed E-state index contributed by atoms with van der Waals surface area (Å²) in [7, 11) is 2.10. The van der Waals surface area contributed by atoms with E-state index in [0.29, 0.717) is 16.9 Å². The van der Waals surface area contributed by atoms with Crippen LogP contribution in [0.2, 0.25) is 5.02 Å². The fourth-order valence-corrected chi connectivity index (χ4v) is 2.05. The molecule has 0 amide bonds. The summed E-state index contributed by atoms with van der Waals surface area (Å²) in [6, 6.07) is 4.10. The van der Waals surface area contributed by atoms with E-state index >= 15 is 0 Å². The molecule has 3 nitrogen and oxygen atoms in total. The number of rotatable bonds is 5. The van der Waals surface area contributed by atoms with Crippen molar-refractivity contribution in [2.75, 3.05) is 12.8 Å². The van der Waals surface area contributed by atoms with Gasteiger partial charge in [0.1, 0.15) is 5.82 Å². The number of halogens is 1. The lowest BCUT2D eigenvalue weighted by atomic mass is 10.1. The van der Waals surface area contributed by atoms with Crippen molar-refractivity contribution in [2.45, 2.75) is 39.3 Å². The minimum Gasteiger partial charge on any atom is -0.384 e. The largest absolute Gasteiger partial charge is 0.384 e. The van der Waals surface area contributed by atoms with Crippen LogP contribution in [0.5, 0.6) is 0 Å². The zero-order valence-corrected chi connectivity index (χ0v) is 11.0. The van der Waals surface area contributed by atoms with E-state index in [0.717, 1.165) is 25.1 Å². The molecule has 0 atom stereocenters. The van der Waals surface area contributed by atoms with Crippen LogP contribution >= 0.6 is 11.6 Å². The molecule has 0 radical (unpaired) electrons. The van der Waals surface area contributed by atoms with Crippen LogP contribution in [0.25, 0.3) is 0 Å². The first-order valence-electron chi connectivity index (χ1n) is 5.69. The Morgan fingerprint density at radius 2 is 2.00 bits per heavy atom. The fourth-order valence-electron chi connectivity index (χ4n) is 1.89. The Morgan fingerprint density at radius 1 is 1.38 bits per heavy atom. The Kier molecular flexibility index (Phi) is 5.03. The molecule has 4 heteroatoms. The average Bonchev–Trinajstić information content (AvgIpc) is 2.25. The minimum atomic E-state index is 0.525. The van der Waals surface area contributed by atoms with Gasteiger partial charge in [-0.15, -0.1) is 0 Å². The quantitative estimate of drug-likeness (QED) is 0.862. The smallest absolute Gasteiger partial charge is 0.123 e. The molecule has 0 spiro atoms. The van der Waals surface area contributed by atoms with Gasteiger partial charge in [0.05, 0.1) is 10.7 Å². The van der Waals surface area contributed by atoms with E-state index in [1.54, 1.807) is 12.1 Å². The van der Waals surface area contributed by atoms with E-state index in [9.17, 15) is 0 Å². The van der Waals surface area contributed by atoms with Crippen LogP contribution in [0.3, 0.4) is 0 Å². The predicted molar refractivity (Wildman–Crippen MR) is 69.5 cm³/mol. The lowest BCUT2D eigenvalue weighted by Gasteiger charge is -2.25. The Hall–Kier alpha value is -0.800. The number of anilines is 1. The molecule has 1 aromatic heterocycles. The standard InChI is InChI=1S/C12H20ClN3/c1-4-9(5-2)16(3)8-11-10(13)6-7-12(14)15-11/h6-7,9H,4-5,8H2,1-3H3,(H2,14,15). The van der Waals surface area contributed by atoms with Crippen LogP contribution < -0.4 is 5.73 Å². The van der Waals surface area contributed by atoms with E-state index in [4.69, 9.17) is 17.3 Å². The zero-order valence-electron chi connectivity index (χ0n) is 10.2. The van der Waals surface area contributed by atoms with Gasteiger partial charge in [-0.25, -0.2) is 4.98 Å². The number of nitrogens with two attached hydrogens (primary N) is 1. The van der Waals surface area contributed by atoms with Gasteiger partial charge < -0.3 is 5.73 Å². The maximum atomic E-state index is 6.09. The highest BCUT2D eigenvalue weighted by molar-refractivity contribution is 6.31. The van der Waals surface area contributed by atoms with Crippen LogP contribution in [-0.2, 0) is 6.54 Å². The van der Waals surface area contributed by atoms with Gasteiger partial charge in [0.25, 0.3) is 0 Å². The van der Waals surface area contributed by atoms with Gasteiger partial charge >= 0.3 is 0 Å². The van der Waals surface area contributed by atoms with Crippen molar-refractivity contribution in [3.05, 3.63) is 22.8 Å². The third-order valence-corrected chi connectivity index (χ3v) is 3.25. The van der Waals surface area contributed by atoms with E-state index in [-0.39, 0.29) is 0 Å². The summed E-state index contributed by atoms with van der Waals surface area (Å²) in [5, 5.41) is 0.687. The summed E-state index contributed by atoms with van der Waals surface area (Å²) in [6.07, 6.45) is 2.26. The highest BCUT2D eigenvalue weighted by atomic mass is 35.5. The summed E-state index contributed by atoms with van der Waals surface area (Å²) in [6.45, 7) is 5.13. The summed E-state index contributed by atoms with van der Waals surface area (Å²) in [4.78, 5) is 6.54. The van der Waals surface area contributed by atoms with Crippen LogP contribution in [0.4, 0.5) is 5.82 Å². The second kappa shape index (κ2) is 6.06. The fraction of sp³-hybridized carbons (Fsp3) is 0.583. The highest BCUT2D eigenvalue weighted by Crippen LogP contribution is 2.18. The van der Waals surface area contributed by atoms with Crippen molar-refractivity contribution in [1.82, 2.24) is 9.88 Å². The number of hydrogen-bond acceptors (Lipinski definition) is 3. The van der Waals surface area contributed by atoms with E-state index in [2.05, 4.69) is 30.8 Å². The Morgan fingerprint density at radius 3 is 2.56 bits per heavy atom. The van der Waals surface area contributed by atoms with Crippen LogP contribution in [0.1, 0.15) is 32.4 Å². The van der Waals surface area contributed by atoms with Crippen LogP contribution in [-0.4, -0.2) is 23.0 Å². The summed E-state index contributed by atoms with van der Waals surface area (Å²) in [5.41, 5.74) is 6.51. The Balaban J connectivity index is 2.75. The van der Waals surface area contributed by atoms with E-state index in [1.165, 1.54) is 0 Å². The molecule has 1 heterocycles. The van der Waals surface area contributed by atoms with E-state index in [1.807, 2.05) is 0 Å². The minimum absolute atomic E-state index is 0.525. The molecule has 0 bridgehead atoms. The van der Waals surface area contributed by atoms with Crippen molar-refractivity contribution in [1.29, 1.82) is 0 Å². The highest BCUT2D eigenvalue weighted by Gasteiger charge is 2.13. The molecular weight excluding hydrogens is 222 g/mol. The third-order valence-electron chi connectivity index (χ3n) is 2.91. The normalized spacial score (nSPS) is 11.4. The van der Waals surface area contributed by atoms with Crippen molar-refractivity contribution in [3.8, 4) is 0 Å². The molecule has 1 rings (SSSR count). The predicted octanol–water partition coefficient (Wildman–Crippen LogP) is 2.94. The molecule has 0 saturated heterocycles. The molecule has 0 aliphatic carbocycles. The SMILES string of the molecule is CCC(CC)N(C)Cc1nc(N)ccc1Cl. The lowest BCUT2D eigenvalue weighted by molar-refractivity contribution is 0.219. The first-order valence-corrected chi connectivity index (χ1v) is 6.07. The number of nitrogens with zero attached hydrogens (tertiary/aromatic N) is 2. The molecule has 0 fully saturated rings. The van der Waals surface area contributed by atoms with Crippen molar-refractivity contribution in [2.24, 2.45) is 0 Å².